The Morgan fingerprint density at radius 3 is 2.67 bits per heavy atom. The van der Waals surface area contributed by atoms with E-state index in [1.54, 1.807) is 0 Å². The molecule has 0 radical (unpaired) electrons. The molecule has 1 atom stereocenters. The molecule has 1 aromatic carbocycles. The Labute approximate surface area is 99.0 Å². The minimum atomic E-state index is 0.149. The molecule has 0 saturated heterocycles. The second-order valence-electron chi connectivity index (χ2n) is 4.61. The Bertz CT molecular complexity index is 421. The second-order valence-corrected chi connectivity index (χ2v) is 5.47. The van der Waals surface area contributed by atoms with Gasteiger partial charge in [0.05, 0.1) is 0 Å². The van der Waals surface area contributed by atoms with Gasteiger partial charge < -0.3 is 0 Å². The summed E-state index contributed by atoms with van der Waals surface area (Å²) in [6.45, 7) is 6.37. The summed E-state index contributed by atoms with van der Waals surface area (Å²) < 4.78 is 0.955. The highest BCUT2D eigenvalue weighted by Gasteiger charge is 2.31. The lowest BCUT2D eigenvalue weighted by Crippen LogP contribution is -2.03. The number of carbonyl (C=O) groups excluding carboxylic acids is 1. The average molecular weight is 267 g/mol. The summed E-state index contributed by atoms with van der Waals surface area (Å²) in [5, 5.41) is 0. The number of benzene rings is 1. The Kier molecular flexibility index (Phi) is 2.72. The minimum absolute atomic E-state index is 0.149. The molecule has 0 saturated carbocycles. The fourth-order valence-corrected chi connectivity index (χ4v) is 2.87. The van der Waals surface area contributed by atoms with Gasteiger partial charge in [-0.1, -0.05) is 42.8 Å². The van der Waals surface area contributed by atoms with Gasteiger partial charge in [-0.25, -0.2) is 0 Å². The van der Waals surface area contributed by atoms with Gasteiger partial charge in [0.1, 0.15) is 0 Å². The van der Waals surface area contributed by atoms with Gasteiger partial charge in [-0.15, -0.1) is 0 Å². The lowest BCUT2D eigenvalue weighted by Gasteiger charge is -2.12. The molecule has 80 valence electrons. The third kappa shape index (κ3) is 1.65. The molecule has 15 heavy (non-hydrogen) atoms. The van der Waals surface area contributed by atoms with Crippen molar-refractivity contribution >= 4 is 21.7 Å². The number of ketones is 1. The number of rotatable bonds is 1. The van der Waals surface area contributed by atoms with Crippen LogP contribution in [0.25, 0.3) is 0 Å². The molecule has 1 aliphatic rings. The van der Waals surface area contributed by atoms with E-state index in [4.69, 9.17) is 0 Å². The molecule has 2 rings (SSSR count). The maximum absolute atomic E-state index is 12.0. The summed E-state index contributed by atoms with van der Waals surface area (Å²) in [5.74, 6) is 0.931. The molecular formula is C13H15BrO. The summed E-state index contributed by atoms with van der Waals surface area (Å²) in [6.07, 6.45) is 0.904. The molecule has 0 N–H and O–H groups in total. The zero-order valence-electron chi connectivity index (χ0n) is 9.30. The fourth-order valence-electron chi connectivity index (χ4n) is 2.31. The molecule has 1 nitrogen and oxygen atoms in total. The largest absolute Gasteiger partial charge is 0.294 e. The topological polar surface area (TPSA) is 17.1 Å². The Hall–Kier alpha value is -0.630. The van der Waals surface area contributed by atoms with E-state index >= 15 is 0 Å². The zero-order valence-corrected chi connectivity index (χ0v) is 10.9. The summed E-state index contributed by atoms with van der Waals surface area (Å²) in [6, 6.07) is 4.14. The molecule has 0 bridgehead atoms. The van der Waals surface area contributed by atoms with Crippen LogP contribution in [0.4, 0.5) is 0 Å². The van der Waals surface area contributed by atoms with Crippen molar-refractivity contribution in [3.8, 4) is 0 Å². The van der Waals surface area contributed by atoms with E-state index in [0.717, 1.165) is 16.5 Å². The van der Waals surface area contributed by atoms with Crippen LogP contribution in [0, 0.1) is 5.92 Å². The highest BCUT2D eigenvalue weighted by atomic mass is 79.9. The standard InChI is InChI=1S/C13H15BrO/c1-7(2)9-4-5-11(14)12-10(9)6-8(3)13(12)15/h4-5,7-8H,6H2,1-3H3. The monoisotopic (exact) mass is 266 g/mol. The lowest BCUT2D eigenvalue weighted by atomic mass is 9.94. The number of carbonyl (C=O) groups is 1. The van der Waals surface area contributed by atoms with Gasteiger partial charge in [-0.2, -0.15) is 0 Å². The van der Waals surface area contributed by atoms with Crippen molar-refractivity contribution < 1.29 is 4.79 Å². The van der Waals surface area contributed by atoms with Gasteiger partial charge >= 0.3 is 0 Å². The first-order chi connectivity index (χ1) is 7.02. The van der Waals surface area contributed by atoms with Crippen LogP contribution in [-0.2, 0) is 6.42 Å². The van der Waals surface area contributed by atoms with E-state index < -0.39 is 0 Å². The van der Waals surface area contributed by atoms with Crippen LogP contribution in [0.15, 0.2) is 16.6 Å². The third-order valence-electron chi connectivity index (χ3n) is 3.12. The van der Waals surface area contributed by atoms with Crippen LogP contribution in [0.3, 0.4) is 0 Å². The van der Waals surface area contributed by atoms with Gasteiger partial charge in [0.15, 0.2) is 5.78 Å². The molecule has 1 aromatic rings. The summed E-state index contributed by atoms with van der Waals surface area (Å²) in [5.41, 5.74) is 3.51. The first kappa shape index (κ1) is 10.9. The maximum atomic E-state index is 12.0. The van der Waals surface area contributed by atoms with E-state index in [1.165, 1.54) is 11.1 Å². The van der Waals surface area contributed by atoms with E-state index in [1.807, 2.05) is 13.0 Å². The second kappa shape index (κ2) is 3.75. The predicted octanol–water partition coefficient (Wildman–Crippen LogP) is 3.95. The van der Waals surface area contributed by atoms with Crippen LogP contribution in [0.1, 0.15) is 48.2 Å². The average Bonchev–Trinajstić information content (AvgIpc) is 2.44. The van der Waals surface area contributed by atoms with E-state index in [-0.39, 0.29) is 5.92 Å². The Morgan fingerprint density at radius 1 is 1.40 bits per heavy atom. The highest BCUT2D eigenvalue weighted by molar-refractivity contribution is 9.10. The summed E-state index contributed by atoms with van der Waals surface area (Å²) in [7, 11) is 0. The van der Waals surface area contributed by atoms with Crippen molar-refractivity contribution in [2.75, 3.05) is 0 Å². The molecular weight excluding hydrogens is 252 g/mol. The van der Waals surface area contributed by atoms with Crippen LogP contribution < -0.4 is 0 Å². The van der Waals surface area contributed by atoms with Gasteiger partial charge in [0.2, 0.25) is 0 Å². The van der Waals surface area contributed by atoms with Gasteiger partial charge in [0, 0.05) is 16.0 Å². The highest BCUT2D eigenvalue weighted by Crippen LogP contribution is 2.37. The van der Waals surface area contributed by atoms with Gasteiger partial charge in [0.25, 0.3) is 0 Å². The van der Waals surface area contributed by atoms with Crippen molar-refractivity contribution in [1.82, 2.24) is 0 Å². The SMILES string of the molecule is CC1Cc2c(C(C)C)ccc(Br)c2C1=O. The quantitative estimate of drug-likeness (QED) is 0.753. The normalized spacial score (nSPS) is 19.8. The molecule has 0 spiro atoms. The van der Waals surface area contributed by atoms with E-state index in [0.29, 0.717) is 11.7 Å². The third-order valence-corrected chi connectivity index (χ3v) is 3.79. The fraction of sp³-hybridized carbons (Fsp3) is 0.462. The minimum Gasteiger partial charge on any atom is -0.294 e. The molecule has 1 aliphatic carbocycles. The zero-order chi connectivity index (χ0) is 11.2. The number of Topliss-reactive ketones (excluding diaryl/α,β-unsaturated/α-hetero) is 1. The smallest absolute Gasteiger partial charge is 0.167 e. The van der Waals surface area contributed by atoms with Crippen LogP contribution >= 0.6 is 15.9 Å². The van der Waals surface area contributed by atoms with Crippen molar-refractivity contribution in [2.24, 2.45) is 5.92 Å². The number of halogens is 1. The summed E-state index contributed by atoms with van der Waals surface area (Å²) in [4.78, 5) is 12.0. The van der Waals surface area contributed by atoms with E-state index in [2.05, 4.69) is 35.8 Å². The maximum Gasteiger partial charge on any atom is 0.167 e. The van der Waals surface area contributed by atoms with Crippen molar-refractivity contribution in [2.45, 2.75) is 33.1 Å². The van der Waals surface area contributed by atoms with Crippen molar-refractivity contribution in [3.05, 3.63) is 33.3 Å². The first-order valence-corrected chi connectivity index (χ1v) is 6.17. The molecule has 1 unspecified atom stereocenters. The molecule has 0 fully saturated rings. The lowest BCUT2D eigenvalue weighted by molar-refractivity contribution is 0.0945. The molecule has 0 aromatic heterocycles. The predicted molar refractivity (Wildman–Crippen MR) is 65.4 cm³/mol. The van der Waals surface area contributed by atoms with Crippen molar-refractivity contribution in [1.29, 1.82) is 0 Å². The first-order valence-electron chi connectivity index (χ1n) is 5.37. The van der Waals surface area contributed by atoms with Crippen LogP contribution in [-0.4, -0.2) is 5.78 Å². The van der Waals surface area contributed by atoms with E-state index in [9.17, 15) is 4.79 Å². The number of hydrogen-bond donors (Lipinski definition) is 0. The molecule has 0 heterocycles. The van der Waals surface area contributed by atoms with Crippen molar-refractivity contribution in [3.63, 3.8) is 0 Å². The molecule has 2 heteroatoms. The van der Waals surface area contributed by atoms with Gasteiger partial charge in [-0.05, 0) is 29.5 Å². The Balaban J connectivity index is 2.64. The van der Waals surface area contributed by atoms with Crippen LogP contribution in [0.5, 0.6) is 0 Å². The van der Waals surface area contributed by atoms with Crippen LogP contribution in [0.2, 0.25) is 0 Å². The number of hydrogen-bond acceptors (Lipinski definition) is 1. The summed E-state index contributed by atoms with van der Waals surface area (Å²) >= 11 is 3.48. The molecule has 0 aliphatic heterocycles. The molecule has 0 amide bonds. The van der Waals surface area contributed by atoms with Gasteiger partial charge in [-0.3, -0.25) is 4.79 Å². The Morgan fingerprint density at radius 2 is 2.07 bits per heavy atom. The number of fused-ring (bicyclic) bond motifs is 1.